The van der Waals surface area contributed by atoms with Crippen molar-refractivity contribution in [3.8, 4) is 5.75 Å². The lowest BCUT2D eigenvalue weighted by atomic mass is 10.1. The molecule has 0 radical (unpaired) electrons. The second kappa shape index (κ2) is 7.85. The Morgan fingerprint density at radius 1 is 1.20 bits per heavy atom. The zero-order valence-corrected chi connectivity index (χ0v) is 14.6. The number of benzene rings is 1. The van der Waals surface area contributed by atoms with Crippen LogP contribution in [-0.4, -0.2) is 60.1 Å². The predicted molar refractivity (Wildman–Crippen MR) is 92.4 cm³/mol. The van der Waals surface area contributed by atoms with E-state index in [1.165, 1.54) is 4.90 Å². The number of amides is 2. The summed E-state index contributed by atoms with van der Waals surface area (Å²) in [6.07, 6.45) is 1.97. The summed E-state index contributed by atoms with van der Waals surface area (Å²) >= 11 is 0. The lowest BCUT2D eigenvalue weighted by Gasteiger charge is -2.32. The highest BCUT2D eigenvalue weighted by Gasteiger charge is 2.42. The van der Waals surface area contributed by atoms with Gasteiger partial charge in [-0.3, -0.25) is 9.59 Å². The second-order valence-corrected chi connectivity index (χ2v) is 6.62. The Balaban J connectivity index is 1.81. The highest BCUT2D eigenvalue weighted by Crippen LogP contribution is 2.28. The highest BCUT2D eigenvalue weighted by atomic mass is 19.1. The molecule has 0 spiro atoms. The topological polar surface area (TPSA) is 49.9 Å². The van der Waals surface area contributed by atoms with E-state index in [0.29, 0.717) is 31.0 Å². The smallest absolute Gasteiger partial charge is 0.258 e. The number of likely N-dealkylation sites (tertiary alicyclic amines) is 2. The fourth-order valence-corrected chi connectivity index (χ4v) is 3.65. The molecule has 5 nitrogen and oxygen atoms in total. The predicted octanol–water partition coefficient (Wildman–Crippen LogP) is 2.65. The molecule has 2 amide bonds. The van der Waals surface area contributed by atoms with E-state index < -0.39 is 12.2 Å². The van der Waals surface area contributed by atoms with Crippen molar-refractivity contribution in [3.63, 3.8) is 0 Å². The minimum Gasteiger partial charge on any atom is -0.493 e. The third-order valence-electron chi connectivity index (χ3n) is 4.88. The minimum atomic E-state index is -1.16. The van der Waals surface area contributed by atoms with Crippen LogP contribution in [0.5, 0.6) is 5.75 Å². The number of hydrogen-bond acceptors (Lipinski definition) is 3. The summed E-state index contributed by atoms with van der Waals surface area (Å²) in [6, 6.07) is 6.22. The van der Waals surface area contributed by atoms with Crippen LogP contribution < -0.4 is 4.74 Å². The Bertz CT molecular complexity index is 631. The number of alkyl halides is 1. The molecular weight excluding hydrogens is 323 g/mol. The number of piperidine rings is 1. The lowest BCUT2D eigenvalue weighted by molar-refractivity contribution is -0.136. The van der Waals surface area contributed by atoms with E-state index in [2.05, 4.69) is 0 Å². The van der Waals surface area contributed by atoms with Gasteiger partial charge in [0, 0.05) is 19.5 Å². The lowest BCUT2D eigenvalue weighted by Crippen LogP contribution is -2.49. The Hall–Kier alpha value is -2.11. The van der Waals surface area contributed by atoms with Crippen molar-refractivity contribution in [2.75, 3.05) is 26.2 Å². The molecule has 2 saturated heterocycles. The maximum Gasteiger partial charge on any atom is 0.258 e. The molecule has 25 heavy (non-hydrogen) atoms. The standard InChI is InChI=1S/C19H25FN2O3/c1-2-25-17-9-5-4-8-15(17)18(23)22-13-14(20)12-16(22)19(24)21-10-6-3-7-11-21/h4-5,8-9,14,16H,2-3,6-7,10-13H2,1H3/t14-,16-/m0/s1. The molecule has 0 saturated carbocycles. The van der Waals surface area contributed by atoms with E-state index in [1.54, 1.807) is 29.2 Å². The molecular formula is C19H25FN2O3. The van der Waals surface area contributed by atoms with Crippen molar-refractivity contribution in [2.45, 2.75) is 44.8 Å². The van der Waals surface area contributed by atoms with E-state index >= 15 is 0 Å². The fraction of sp³-hybridized carbons (Fsp3) is 0.579. The first-order chi connectivity index (χ1) is 12.1. The Labute approximate surface area is 147 Å². The van der Waals surface area contributed by atoms with Crippen LogP contribution in [0.15, 0.2) is 24.3 Å². The molecule has 1 aromatic rings. The normalized spacial score (nSPS) is 23.6. The average molecular weight is 348 g/mol. The molecule has 0 aliphatic carbocycles. The summed E-state index contributed by atoms with van der Waals surface area (Å²) in [5.41, 5.74) is 0.384. The van der Waals surface area contributed by atoms with Gasteiger partial charge >= 0.3 is 0 Å². The first-order valence-corrected chi connectivity index (χ1v) is 9.07. The molecule has 0 unspecified atom stereocenters. The maximum absolute atomic E-state index is 14.1. The van der Waals surface area contributed by atoms with Crippen LogP contribution in [0, 0.1) is 0 Å². The molecule has 2 aliphatic heterocycles. The molecule has 136 valence electrons. The first-order valence-electron chi connectivity index (χ1n) is 9.07. The van der Waals surface area contributed by atoms with Crippen LogP contribution in [0.25, 0.3) is 0 Å². The Morgan fingerprint density at radius 3 is 2.64 bits per heavy atom. The van der Waals surface area contributed by atoms with Crippen LogP contribution in [0.2, 0.25) is 0 Å². The van der Waals surface area contributed by atoms with Gasteiger partial charge in [-0.05, 0) is 38.3 Å². The molecule has 0 bridgehead atoms. The van der Waals surface area contributed by atoms with E-state index in [4.69, 9.17) is 4.74 Å². The zero-order chi connectivity index (χ0) is 17.8. The number of carbonyl (C=O) groups excluding carboxylic acids is 2. The van der Waals surface area contributed by atoms with Crippen molar-refractivity contribution in [1.82, 2.24) is 9.80 Å². The zero-order valence-electron chi connectivity index (χ0n) is 14.6. The van der Waals surface area contributed by atoms with Crippen molar-refractivity contribution < 1.29 is 18.7 Å². The third-order valence-corrected chi connectivity index (χ3v) is 4.88. The van der Waals surface area contributed by atoms with E-state index in [9.17, 15) is 14.0 Å². The summed E-state index contributed by atoms with van der Waals surface area (Å²) in [4.78, 5) is 29.0. The van der Waals surface area contributed by atoms with Gasteiger partial charge in [-0.1, -0.05) is 12.1 Å². The van der Waals surface area contributed by atoms with Gasteiger partial charge in [0.1, 0.15) is 18.0 Å². The molecule has 1 aromatic carbocycles. The average Bonchev–Trinajstić information content (AvgIpc) is 3.04. The van der Waals surface area contributed by atoms with E-state index in [-0.39, 0.29) is 24.8 Å². The monoisotopic (exact) mass is 348 g/mol. The highest BCUT2D eigenvalue weighted by molar-refractivity contribution is 6.00. The molecule has 6 heteroatoms. The second-order valence-electron chi connectivity index (χ2n) is 6.62. The SMILES string of the molecule is CCOc1ccccc1C(=O)N1C[C@@H](F)C[C@H]1C(=O)N1CCCCC1. The summed E-state index contributed by atoms with van der Waals surface area (Å²) in [5.74, 6) is 0.0168. The molecule has 0 N–H and O–H groups in total. The van der Waals surface area contributed by atoms with E-state index in [0.717, 1.165) is 19.3 Å². The molecule has 3 rings (SSSR count). The van der Waals surface area contributed by atoms with Crippen molar-refractivity contribution >= 4 is 11.8 Å². The van der Waals surface area contributed by atoms with Crippen LogP contribution in [0.3, 0.4) is 0 Å². The van der Waals surface area contributed by atoms with Gasteiger partial charge in [-0.15, -0.1) is 0 Å². The largest absolute Gasteiger partial charge is 0.493 e. The number of halogens is 1. The molecule has 2 fully saturated rings. The number of para-hydroxylation sites is 1. The Morgan fingerprint density at radius 2 is 1.92 bits per heavy atom. The van der Waals surface area contributed by atoms with Crippen LogP contribution in [0.1, 0.15) is 43.0 Å². The fourth-order valence-electron chi connectivity index (χ4n) is 3.65. The molecule has 0 aromatic heterocycles. The minimum absolute atomic E-state index is 0.0382. The van der Waals surface area contributed by atoms with Gasteiger partial charge in [0.25, 0.3) is 5.91 Å². The molecule has 2 aliphatic rings. The van der Waals surface area contributed by atoms with Crippen LogP contribution in [0.4, 0.5) is 4.39 Å². The quantitative estimate of drug-likeness (QED) is 0.840. The summed E-state index contributed by atoms with van der Waals surface area (Å²) < 4.78 is 19.6. The summed E-state index contributed by atoms with van der Waals surface area (Å²) in [6.45, 7) is 3.64. The van der Waals surface area contributed by atoms with Crippen LogP contribution >= 0.6 is 0 Å². The Kier molecular flexibility index (Phi) is 5.56. The number of rotatable bonds is 4. The van der Waals surface area contributed by atoms with Gasteiger partial charge in [0.05, 0.1) is 18.7 Å². The van der Waals surface area contributed by atoms with Crippen molar-refractivity contribution in [1.29, 1.82) is 0 Å². The van der Waals surface area contributed by atoms with Crippen molar-refractivity contribution in [2.24, 2.45) is 0 Å². The van der Waals surface area contributed by atoms with Gasteiger partial charge in [-0.25, -0.2) is 4.39 Å². The number of carbonyl (C=O) groups is 2. The number of ether oxygens (including phenoxy) is 1. The van der Waals surface area contributed by atoms with E-state index in [1.807, 2.05) is 6.92 Å². The van der Waals surface area contributed by atoms with Gasteiger partial charge in [0.2, 0.25) is 5.91 Å². The molecule has 2 atom stereocenters. The number of hydrogen-bond donors (Lipinski definition) is 0. The first kappa shape index (κ1) is 17.7. The maximum atomic E-state index is 14.1. The number of nitrogens with zero attached hydrogens (tertiary/aromatic N) is 2. The molecule has 2 heterocycles. The van der Waals surface area contributed by atoms with Crippen LogP contribution in [-0.2, 0) is 4.79 Å². The van der Waals surface area contributed by atoms with Gasteiger partial charge in [-0.2, -0.15) is 0 Å². The van der Waals surface area contributed by atoms with Gasteiger partial charge < -0.3 is 14.5 Å². The third kappa shape index (κ3) is 3.78. The summed E-state index contributed by atoms with van der Waals surface area (Å²) in [5, 5.41) is 0. The summed E-state index contributed by atoms with van der Waals surface area (Å²) in [7, 11) is 0. The van der Waals surface area contributed by atoms with Crippen molar-refractivity contribution in [3.05, 3.63) is 29.8 Å². The van der Waals surface area contributed by atoms with Gasteiger partial charge in [0.15, 0.2) is 0 Å².